The van der Waals surface area contributed by atoms with Gasteiger partial charge in [-0.2, -0.15) is 5.26 Å². The first-order valence-corrected chi connectivity index (χ1v) is 4.61. The van der Waals surface area contributed by atoms with Gasteiger partial charge in [0, 0.05) is 6.42 Å². The number of carbonyl (C=O) groups is 1. The fourth-order valence-corrected chi connectivity index (χ4v) is 1.23. The monoisotopic (exact) mass is 201 g/mol. The molecular formula is C12H11NO2. The lowest BCUT2D eigenvalue weighted by atomic mass is 10.0. The summed E-state index contributed by atoms with van der Waals surface area (Å²) in [4.78, 5) is 10.9. The Hall–Kier alpha value is -2.08. The van der Waals surface area contributed by atoms with E-state index in [0.29, 0.717) is 18.4 Å². The summed E-state index contributed by atoms with van der Waals surface area (Å²) in [5, 5.41) is 17.3. The Kier molecular flexibility index (Phi) is 4.11. The third kappa shape index (κ3) is 3.28. The van der Waals surface area contributed by atoms with Crippen LogP contribution in [-0.4, -0.2) is 11.1 Å². The van der Waals surface area contributed by atoms with Crippen LogP contribution in [0.5, 0.6) is 0 Å². The maximum atomic E-state index is 10.9. The van der Waals surface area contributed by atoms with Gasteiger partial charge in [-0.25, -0.2) is 4.79 Å². The number of carboxylic acids is 1. The van der Waals surface area contributed by atoms with Crippen molar-refractivity contribution in [3.8, 4) is 6.07 Å². The standard InChI is InChI=1S/C12H11NO2/c13-9-5-4-8-11(12(14)15)10-6-2-1-3-7-10/h1-3,6-8H,4-5H2,(H,14,15). The Balaban J connectivity index is 2.90. The minimum absolute atomic E-state index is 0.255. The zero-order valence-electron chi connectivity index (χ0n) is 8.18. The highest BCUT2D eigenvalue weighted by molar-refractivity contribution is 6.15. The van der Waals surface area contributed by atoms with Crippen LogP contribution >= 0.6 is 0 Å². The molecule has 0 radical (unpaired) electrons. The molecule has 0 saturated heterocycles. The van der Waals surface area contributed by atoms with Crippen LogP contribution in [0.3, 0.4) is 0 Å². The summed E-state index contributed by atoms with van der Waals surface area (Å²) in [6, 6.07) is 10.9. The number of benzene rings is 1. The molecule has 1 N–H and O–H groups in total. The normalized spacial score (nSPS) is 10.7. The van der Waals surface area contributed by atoms with Crippen LogP contribution in [0, 0.1) is 11.3 Å². The van der Waals surface area contributed by atoms with E-state index in [1.165, 1.54) is 0 Å². The summed E-state index contributed by atoms with van der Waals surface area (Å²) in [6.07, 6.45) is 2.39. The van der Waals surface area contributed by atoms with E-state index in [2.05, 4.69) is 0 Å². The van der Waals surface area contributed by atoms with Crippen molar-refractivity contribution in [2.45, 2.75) is 12.8 Å². The molecule has 3 nitrogen and oxygen atoms in total. The van der Waals surface area contributed by atoms with Crippen molar-refractivity contribution in [2.75, 3.05) is 0 Å². The maximum Gasteiger partial charge on any atom is 0.335 e. The number of hydrogen-bond donors (Lipinski definition) is 1. The smallest absolute Gasteiger partial charge is 0.335 e. The van der Waals surface area contributed by atoms with E-state index in [-0.39, 0.29) is 5.57 Å². The summed E-state index contributed by atoms with van der Waals surface area (Å²) in [7, 11) is 0. The van der Waals surface area contributed by atoms with Gasteiger partial charge in [0.25, 0.3) is 0 Å². The van der Waals surface area contributed by atoms with Crippen LogP contribution in [0.25, 0.3) is 5.57 Å². The van der Waals surface area contributed by atoms with E-state index >= 15 is 0 Å². The maximum absolute atomic E-state index is 10.9. The van der Waals surface area contributed by atoms with Gasteiger partial charge in [-0.3, -0.25) is 0 Å². The SMILES string of the molecule is N#CCCC=C(C(=O)O)c1ccccc1. The zero-order valence-corrected chi connectivity index (χ0v) is 8.18. The van der Waals surface area contributed by atoms with Crippen molar-refractivity contribution in [1.82, 2.24) is 0 Å². The lowest BCUT2D eigenvalue weighted by Gasteiger charge is -2.01. The first-order valence-electron chi connectivity index (χ1n) is 4.61. The van der Waals surface area contributed by atoms with E-state index in [1.54, 1.807) is 30.3 Å². The molecule has 0 bridgehead atoms. The fourth-order valence-electron chi connectivity index (χ4n) is 1.23. The fraction of sp³-hybridized carbons (Fsp3) is 0.167. The van der Waals surface area contributed by atoms with E-state index in [1.807, 2.05) is 12.1 Å². The molecule has 1 aromatic rings. The van der Waals surface area contributed by atoms with Gasteiger partial charge in [-0.05, 0) is 12.0 Å². The number of hydrogen-bond acceptors (Lipinski definition) is 2. The number of unbranched alkanes of at least 4 members (excludes halogenated alkanes) is 1. The van der Waals surface area contributed by atoms with Crippen molar-refractivity contribution in [3.05, 3.63) is 42.0 Å². The number of aliphatic carboxylic acids is 1. The zero-order chi connectivity index (χ0) is 11.1. The Labute approximate surface area is 88.3 Å². The van der Waals surface area contributed by atoms with E-state index in [4.69, 9.17) is 10.4 Å². The Bertz CT molecular complexity index is 401. The Morgan fingerprint density at radius 3 is 2.60 bits per heavy atom. The van der Waals surface area contributed by atoms with Crippen molar-refractivity contribution in [3.63, 3.8) is 0 Å². The number of nitrogens with zero attached hydrogens (tertiary/aromatic N) is 1. The molecule has 0 saturated carbocycles. The van der Waals surface area contributed by atoms with Crippen molar-refractivity contribution < 1.29 is 9.90 Å². The van der Waals surface area contributed by atoms with E-state index < -0.39 is 5.97 Å². The second-order valence-corrected chi connectivity index (χ2v) is 2.99. The molecule has 3 heteroatoms. The van der Waals surface area contributed by atoms with Crippen LogP contribution in [0.4, 0.5) is 0 Å². The third-order valence-corrected chi connectivity index (χ3v) is 1.92. The quantitative estimate of drug-likeness (QED) is 0.601. The molecule has 0 fully saturated rings. The molecule has 0 aromatic heterocycles. The Morgan fingerprint density at radius 1 is 1.40 bits per heavy atom. The van der Waals surface area contributed by atoms with Crippen LogP contribution in [0.15, 0.2) is 36.4 Å². The van der Waals surface area contributed by atoms with Gasteiger partial charge in [0.15, 0.2) is 0 Å². The predicted octanol–water partition coefficient (Wildman–Crippen LogP) is 2.46. The van der Waals surface area contributed by atoms with Gasteiger partial charge < -0.3 is 5.11 Å². The molecule has 0 amide bonds. The molecule has 0 spiro atoms. The highest BCUT2D eigenvalue weighted by Gasteiger charge is 2.08. The molecule has 1 aromatic carbocycles. The molecular weight excluding hydrogens is 190 g/mol. The van der Waals surface area contributed by atoms with Crippen LogP contribution < -0.4 is 0 Å². The summed E-state index contributed by atoms with van der Waals surface area (Å²) >= 11 is 0. The minimum Gasteiger partial charge on any atom is -0.478 e. The topological polar surface area (TPSA) is 61.1 Å². The van der Waals surface area contributed by atoms with E-state index in [9.17, 15) is 4.79 Å². The van der Waals surface area contributed by atoms with Gasteiger partial charge in [0.05, 0.1) is 11.6 Å². The lowest BCUT2D eigenvalue weighted by Crippen LogP contribution is -1.99. The minimum atomic E-state index is -0.959. The second-order valence-electron chi connectivity index (χ2n) is 2.99. The molecule has 0 unspecified atom stereocenters. The van der Waals surface area contributed by atoms with Gasteiger partial charge in [-0.1, -0.05) is 36.4 Å². The first kappa shape index (κ1) is 11.0. The lowest BCUT2D eigenvalue weighted by molar-refractivity contribution is -0.130. The molecule has 15 heavy (non-hydrogen) atoms. The Morgan fingerprint density at radius 2 is 2.07 bits per heavy atom. The molecule has 0 aliphatic rings. The number of nitriles is 1. The highest BCUT2D eigenvalue weighted by atomic mass is 16.4. The van der Waals surface area contributed by atoms with E-state index in [0.717, 1.165) is 0 Å². The number of carboxylic acid groups (broad SMARTS) is 1. The second kappa shape index (κ2) is 5.61. The van der Waals surface area contributed by atoms with Crippen molar-refractivity contribution in [1.29, 1.82) is 5.26 Å². The van der Waals surface area contributed by atoms with Gasteiger partial charge in [0.2, 0.25) is 0 Å². The largest absolute Gasteiger partial charge is 0.478 e. The van der Waals surface area contributed by atoms with Gasteiger partial charge in [0.1, 0.15) is 0 Å². The molecule has 1 rings (SSSR count). The summed E-state index contributed by atoms with van der Waals surface area (Å²) in [6.45, 7) is 0. The molecule has 0 heterocycles. The molecule has 0 aliphatic carbocycles. The molecule has 0 atom stereocenters. The average Bonchev–Trinajstić information content (AvgIpc) is 2.25. The highest BCUT2D eigenvalue weighted by Crippen LogP contribution is 2.15. The van der Waals surface area contributed by atoms with Gasteiger partial charge in [-0.15, -0.1) is 0 Å². The first-order chi connectivity index (χ1) is 7.25. The summed E-state index contributed by atoms with van der Waals surface area (Å²) in [5.74, 6) is -0.959. The van der Waals surface area contributed by atoms with Gasteiger partial charge >= 0.3 is 5.97 Å². The van der Waals surface area contributed by atoms with Crippen LogP contribution in [0.1, 0.15) is 18.4 Å². The average molecular weight is 201 g/mol. The summed E-state index contributed by atoms with van der Waals surface area (Å²) in [5.41, 5.74) is 0.925. The predicted molar refractivity (Wildman–Crippen MR) is 56.9 cm³/mol. The van der Waals surface area contributed by atoms with Crippen molar-refractivity contribution in [2.24, 2.45) is 0 Å². The van der Waals surface area contributed by atoms with Crippen LogP contribution in [-0.2, 0) is 4.79 Å². The third-order valence-electron chi connectivity index (χ3n) is 1.92. The number of rotatable bonds is 4. The summed E-state index contributed by atoms with van der Waals surface area (Å²) < 4.78 is 0. The van der Waals surface area contributed by atoms with Crippen molar-refractivity contribution >= 4 is 11.5 Å². The van der Waals surface area contributed by atoms with Crippen LogP contribution in [0.2, 0.25) is 0 Å². The number of allylic oxidation sites excluding steroid dienone is 1. The molecule has 76 valence electrons. The molecule has 0 aliphatic heterocycles.